The largest absolute Gasteiger partial charge is 0.497 e. The predicted octanol–water partition coefficient (Wildman–Crippen LogP) is 6.37. The lowest BCUT2D eigenvalue weighted by atomic mass is 10.1. The molecule has 1 amide bonds. The summed E-state index contributed by atoms with van der Waals surface area (Å²) in [6, 6.07) is 12.8. The fourth-order valence-corrected chi connectivity index (χ4v) is 4.27. The van der Waals surface area contributed by atoms with Gasteiger partial charge in [0.05, 0.1) is 19.3 Å². The number of nitrogens with one attached hydrogen (secondary N) is 1. The predicted molar refractivity (Wildman–Crippen MR) is 136 cm³/mol. The van der Waals surface area contributed by atoms with Gasteiger partial charge in [-0.25, -0.2) is 13.9 Å². The second-order valence-electron chi connectivity index (χ2n) is 8.21. The zero-order valence-electron chi connectivity index (χ0n) is 19.8. The molecule has 0 aliphatic carbocycles. The molecule has 5 aromatic rings. The van der Waals surface area contributed by atoms with E-state index < -0.39 is 29.3 Å². The van der Waals surface area contributed by atoms with Crippen LogP contribution in [0.4, 0.5) is 23.4 Å². The molecule has 0 bridgehead atoms. The summed E-state index contributed by atoms with van der Waals surface area (Å²) in [7, 11) is 1.42. The molecule has 0 atom stereocenters. The molecule has 8 nitrogen and oxygen atoms in total. The van der Waals surface area contributed by atoms with Crippen LogP contribution >= 0.6 is 23.2 Å². The van der Waals surface area contributed by atoms with Crippen LogP contribution in [0.1, 0.15) is 21.7 Å². The van der Waals surface area contributed by atoms with E-state index in [0.29, 0.717) is 15.8 Å². The molecule has 0 spiro atoms. The van der Waals surface area contributed by atoms with Gasteiger partial charge in [0.2, 0.25) is 0 Å². The van der Waals surface area contributed by atoms with Gasteiger partial charge < -0.3 is 10.1 Å². The Balaban J connectivity index is 1.48. The van der Waals surface area contributed by atoms with E-state index in [1.807, 2.05) is 0 Å². The first-order valence-electron chi connectivity index (χ1n) is 11.1. The molecule has 0 aliphatic rings. The second-order valence-corrected chi connectivity index (χ2v) is 8.99. The summed E-state index contributed by atoms with van der Waals surface area (Å²) in [6.45, 7) is -0.0254. The number of rotatable bonds is 6. The molecule has 0 saturated carbocycles. The highest BCUT2D eigenvalue weighted by molar-refractivity contribution is 6.37. The lowest BCUT2D eigenvalue weighted by molar-refractivity contribution is -0.142. The molecule has 3 aromatic heterocycles. The number of fused-ring (bicyclic) bond motifs is 1. The summed E-state index contributed by atoms with van der Waals surface area (Å²) in [5, 5.41) is 10.2. The molecule has 0 saturated heterocycles. The number of ether oxygens (including phenoxy) is 1. The number of aromatic nitrogens is 5. The standard InChI is InChI=1S/C25H16Cl2F4N6O2/c1-39-14-5-2-4-13(10-14)18-11-19(25(29,30)31)37-23(32-18)21(27)22(35-37)24(38)33-20-8-9-36(34-20)12-15-16(26)6-3-7-17(15)28/h2-11H,12H2,1H3,(H,33,34,38). The van der Waals surface area contributed by atoms with E-state index in [1.165, 1.54) is 48.3 Å². The lowest BCUT2D eigenvalue weighted by Gasteiger charge is -2.11. The Bertz CT molecular complexity index is 1700. The summed E-state index contributed by atoms with van der Waals surface area (Å²) in [4.78, 5) is 17.2. The molecule has 0 fully saturated rings. The highest BCUT2D eigenvalue weighted by Gasteiger charge is 2.37. The molecule has 14 heteroatoms. The van der Waals surface area contributed by atoms with Crippen LogP contribution in [0.5, 0.6) is 5.75 Å². The Kier molecular flexibility index (Phi) is 6.91. The lowest BCUT2D eigenvalue weighted by Crippen LogP contribution is -2.16. The number of nitrogens with zero attached hydrogens (tertiary/aromatic N) is 5. The Morgan fingerprint density at radius 3 is 2.56 bits per heavy atom. The van der Waals surface area contributed by atoms with E-state index in [0.717, 1.165) is 6.07 Å². The third-order valence-corrected chi connectivity index (χ3v) is 6.37. The minimum absolute atomic E-state index is 0.0254. The molecule has 0 aliphatic heterocycles. The number of methoxy groups -OCH3 is 1. The van der Waals surface area contributed by atoms with Crippen molar-refractivity contribution in [2.75, 3.05) is 12.4 Å². The Hall–Kier alpha value is -4.16. The SMILES string of the molecule is COc1cccc(-c2cc(C(F)(F)F)n3nc(C(=O)Nc4ccn(Cc5c(F)cccc5Cl)n4)c(Cl)c3n2)c1. The number of amides is 1. The van der Waals surface area contributed by atoms with Crippen LogP contribution in [-0.2, 0) is 12.7 Å². The molecule has 2 aromatic carbocycles. The number of halogens is 6. The normalized spacial score (nSPS) is 11.7. The molecule has 0 radical (unpaired) electrons. The number of hydrogen-bond donors (Lipinski definition) is 1. The van der Waals surface area contributed by atoms with Gasteiger partial charge in [0.1, 0.15) is 16.6 Å². The van der Waals surface area contributed by atoms with Gasteiger partial charge in [-0.2, -0.15) is 23.4 Å². The summed E-state index contributed by atoms with van der Waals surface area (Å²) in [5.74, 6) is -1.00. The van der Waals surface area contributed by atoms with Crippen molar-refractivity contribution in [2.45, 2.75) is 12.7 Å². The first-order chi connectivity index (χ1) is 18.5. The van der Waals surface area contributed by atoms with Crippen molar-refractivity contribution in [3.05, 3.63) is 93.6 Å². The summed E-state index contributed by atoms with van der Waals surface area (Å²) in [5.41, 5.74) is -1.56. The van der Waals surface area contributed by atoms with E-state index in [4.69, 9.17) is 27.9 Å². The molecule has 5 rings (SSSR count). The zero-order chi connectivity index (χ0) is 27.9. The van der Waals surface area contributed by atoms with Crippen LogP contribution in [0.2, 0.25) is 10.0 Å². The van der Waals surface area contributed by atoms with Gasteiger partial charge in [-0.3, -0.25) is 9.48 Å². The van der Waals surface area contributed by atoms with Crippen molar-refractivity contribution in [3.8, 4) is 17.0 Å². The van der Waals surface area contributed by atoms with E-state index in [2.05, 4.69) is 20.5 Å². The van der Waals surface area contributed by atoms with Gasteiger partial charge in [-0.15, -0.1) is 0 Å². The van der Waals surface area contributed by atoms with Gasteiger partial charge >= 0.3 is 6.18 Å². The monoisotopic (exact) mass is 578 g/mol. The van der Waals surface area contributed by atoms with Crippen molar-refractivity contribution in [1.82, 2.24) is 24.4 Å². The topological polar surface area (TPSA) is 86.3 Å². The minimum atomic E-state index is -4.84. The second kappa shape index (κ2) is 10.2. The summed E-state index contributed by atoms with van der Waals surface area (Å²) in [6.07, 6.45) is -3.38. The van der Waals surface area contributed by atoms with Crippen molar-refractivity contribution in [2.24, 2.45) is 0 Å². The van der Waals surface area contributed by atoms with Gasteiger partial charge in [0.15, 0.2) is 22.9 Å². The number of benzene rings is 2. The molecular formula is C25H16Cl2F4N6O2. The van der Waals surface area contributed by atoms with Gasteiger partial charge in [0.25, 0.3) is 5.91 Å². The number of carbonyl (C=O) groups is 1. The van der Waals surface area contributed by atoms with Crippen LogP contribution < -0.4 is 10.1 Å². The maximum Gasteiger partial charge on any atom is 0.433 e. The van der Waals surface area contributed by atoms with Crippen LogP contribution in [0, 0.1) is 5.82 Å². The fourth-order valence-electron chi connectivity index (χ4n) is 3.81. The number of alkyl halides is 3. The van der Waals surface area contributed by atoms with Crippen LogP contribution in [0.15, 0.2) is 60.8 Å². The van der Waals surface area contributed by atoms with Crippen molar-refractivity contribution < 1.29 is 27.1 Å². The third kappa shape index (κ3) is 5.25. The van der Waals surface area contributed by atoms with E-state index >= 15 is 0 Å². The van der Waals surface area contributed by atoms with Gasteiger partial charge in [-0.05, 0) is 30.3 Å². The molecule has 39 heavy (non-hydrogen) atoms. The van der Waals surface area contributed by atoms with E-state index in [9.17, 15) is 22.4 Å². The summed E-state index contributed by atoms with van der Waals surface area (Å²) >= 11 is 12.4. The first-order valence-corrected chi connectivity index (χ1v) is 11.9. The average Bonchev–Trinajstić information content (AvgIpc) is 3.48. The molecule has 200 valence electrons. The molecular weight excluding hydrogens is 563 g/mol. The number of carbonyl (C=O) groups excluding carboxylic acids is 1. The third-order valence-electron chi connectivity index (χ3n) is 5.67. The Labute approximate surface area is 227 Å². The Morgan fingerprint density at radius 2 is 1.85 bits per heavy atom. The first kappa shape index (κ1) is 26.4. The minimum Gasteiger partial charge on any atom is -0.497 e. The zero-order valence-corrected chi connectivity index (χ0v) is 21.3. The van der Waals surface area contributed by atoms with E-state index in [1.54, 1.807) is 18.2 Å². The number of hydrogen-bond acceptors (Lipinski definition) is 5. The van der Waals surface area contributed by atoms with Gasteiger partial charge in [-0.1, -0.05) is 41.4 Å². The van der Waals surface area contributed by atoms with Crippen LogP contribution in [0.3, 0.4) is 0 Å². The molecule has 0 unspecified atom stereocenters. The average molecular weight is 579 g/mol. The number of anilines is 1. The summed E-state index contributed by atoms with van der Waals surface area (Å²) < 4.78 is 63.0. The van der Waals surface area contributed by atoms with Crippen molar-refractivity contribution >= 4 is 40.6 Å². The molecule has 3 heterocycles. The molecule has 1 N–H and O–H groups in total. The van der Waals surface area contributed by atoms with Crippen LogP contribution in [-0.4, -0.2) is 37.4 Å². The van der Waals surface area contributed by atoms with E-state index in [-0.39, 0.29) is 39.3 Å². The smallest absolute Gasteiger partial charge is 0.433 e. The Morgan fingerprint density at radius 1 is 1.08 bits per heavy atom. The van der Waals surface area contributed by atoms with Crippen molar-refractivity contribution in [1.29, 1.82) is 0 Å². The highest BCUT2D eigenvalue weighted by atomic mass is 35.5. The van der Waals surface area contributed by atoms with Gasteiger partial charge in [0, 0.05) is 28.4 Å². The van der Waals surface area contributed by atoms with Crippen LogP contribution in [0.25, 0.3) is 16.9 Å². The maximum absolute atomic E-state index is 14.1. The fraction of sp³-hybridized carbons (Fsp3) is 0.120. The van der Waals surface area contributed by atoms with Crippen molar-refractivity contribution in [3.63, 3.8) is 0 Å². The highest BCUT2D eigenvalue weighted by Crippen LogP contribution is 2.35. The maximum atomic E-state index is 14.1. The quantitative estimate of drug-likeness (QED) is 0.237.